The fraction of sp³-hybridized carbons (Fsp3) is 0.556. The Morgan fingerprint density at radius 3 is 2.62 bits per heavy atom. The van der Waals surface area contributed by atoms with Gasteiger partial charge in [-0.2, -0.15) is 0 Å². The number of esters is 1. The van der Waals surface area contributed by atoms with Gasteiger partial charge in [-0.15, -0.1) is 0 Å². The van der Waals surface area contributed by atoms with Gasteiger partial charge in [0.2, 0.25) is 0 Å². The van der Waals surface area contributed by atoms with Crippen LogP contribution < -0.4 is 0 Å². The van der Waals surface area contributed by atoms with Crippen LogP contribution in [-0.4, -0.2) is 22.8 Å². The fourth-order valence-corrected chi connectivity index (χ4v) is 3.16. The standard InChI is InChI=1S/C18H23NO5/c1-3-4-11-18(2)12-5-6-15(16(18)20)24-17(21)13-7-9-14(10-8-13)19(22)23/h7-10,15H,3-6,11-12H2,1-2H3/t15-,18-/m0/s1. The number of benzene rings is 1. The molecule has 0 aliphatic heterocycles. The quantitative estimate of drug-likeness (QED) is 0.445. The van der Waals surface area contributed by atoms with E-state index in [1.54, 1.807) is 0 Å². The second-order valence-electron chi connectivity index (χ2n) is 6.62. The Balaban J connectivity index is 2.05. The van der Waals surface area contributed by atoms with E-state index in [4.69, 9.17) is 4.74 Å². The number of carbonyl (C=O) groups excluding carboxylic acids is 2. The number of ether oxygens (including phenoxy) is 1. The molecule has 1 saturated carbocycles. The van der Waals surface area contributed by atoms with Crippen molar-refractivity contribution in [3.63, 3.8) is 0 Å². The van der Waals surface area contributed by atoms with Crippen molar-refractivity contribution >= 4 is 17.4 Å². The van der Waals surface area contributed by atoms with E-state index in [-0.39, 0.29) is 17.0 Å². The third kappa shape index (κ3) is 3.99. The summed E-state index contributed by atoms with van der Waals surface area (Å²) in [5, 5.41) is 10.6. The van der Waals surface area contributed by atoms with Crippen LogP contribution in [0.4, 0.5) is 5.69 Å². The van der Waals surface area contributed by atoms with Crippen LogP contribution in [0.25, 0.3) is 0 Å². The molecule has 2 atom stereocenters. The Labute approximate surface area is 141 Å². The summed E-state index contributed by atoms with van der Waals surface area (Å²) in [6.45, 7) is 4.04. The first kappa shape index (κ1) is 18.1. The Hall–Kier alpha value is -2.24. The Kier molecular flexibility index (Phi) is 5.70. The van der Waals surface area contributed by atoms with Gasteiger partial charge in [0.05, 0.1) is 10.5 Å². The van der Waals surface area contributed by atoms with E-state index in [2.05, 4.69) is 6.92 Å². The SMILES string of the molecule is CCCC[C@@]1(C)CCC[C@H](OC(=O)c2ccc([N+](=O)[O-])cc2)C1=O. The number of nitrogens with zero attached hydrogens (tertiary/aromatic N) is 1. The molecule has 6 heteroatoms. The van der Waals surface area contributed by atoms with Gasteiger partial charge in [-0.25, -0.2) is 4.79 Å². The summed E-state index contributed by atoms with van der Waals surface area (Å²) in [5.74, 6) is -0.611. The zero-order valence-corrected chi connectivity index (χ0v) is 14.1. The summed E-state index contributed by atoms with van der Waals surface area (Å²) in [6.07, 6.45) is 4.32. The van der Waals surface area contributed by atoms with Crippen LogP contribution in [0.5, 0.6) is 0 Å². The highest BCUT2D eigenvalue weighted by atomic mass is 16.6. The molecule has 0 N–H and O–H groups in total. The smallest absolute Gasteiger partial charge is 0.338 e. The molecule has 130 valence electrons. The van der Waals surface area contributed by atoms with Crippen molar-refractivity contribution in [3.05, 3.63) is 39.9 Å². The highest BCUT2D eigenvalue weighted by Gasteiger charge is 2.42. The molecule has 0 aromatic heterocycles. The zero-order chi connectivity index (χ0) is 17.7. The van der Waals surface area contributed by atoms with Crippen LogP contribution in [0.2, 0.25) is 0 Å². The van der Waals surface area contributed by atoms with Crippen molar-refractivity contribution in [1.82, 2.24) is 0 Å². The molecule has 0 amide bonds. The van der Waals surface area contributed by atoms with Gasteiger partial charge in [-0.05, 0) is 37.8 Å². The van der Waals surface area contributed by atoms with Crippen molar-refractivity contribution in [3.8, 4) is 0 Å². The molecule has 1 aromatic carbocycles. The minimum Gasteiger partial charge on any atom is -0.451 e. The van der Waals surface area contributed by atoms with E-state index in [9.17, 15) is 19.7 Å². The number of hydrogen-bond acceptors (Lipinski definition) is 5. The molecule has 0 unspecified atom stereocenters. The van der Waals surface area contributed by atoms with E-state index < -0.39 is 22.4 Å². The second-order valence-corrected chi connectivity index (χ2v) is 6.62. The molecule has 1 aromatic rings. The number of ketones is 1. The number of nitro benzene ring substituents is 1. The summed E-state index contributed by atoms with van der Waals surface area (Å²) in [7, 11) is 0. The number of hydrogen-bond donors (Lipinski definition) is 0. The van der Waals surface area contributed by atoms with Crippen molar-refractivity contribution in [2.45, 2.75) is 58.5 Å². The monoisotopic (exact) mass is 333 g/mol. The molecule has 0 radical (unpaired) electrons. The summed E-state index contributed by atoms with van der Waals surface area (Å²) < 4.78 is 5.41. The number of unbranched alkanes of at least 4 members (excludes halogenated alkanes) is 1. The molecule has 2 rings (SSSR count). The number of Topliss-reactive ketones (excluding diaryl/α,β-unsaturated/α-hetero) is 1. The lowest BCUT2D eigenvalue weighted by atomic mass is 9.70. The van der Waals surface area contributed by atoms with Gasteiger partial charge < -0.3 is 4.74 Å². The second kappa shape index (κ2) is 7.55. The van der Waals surface area contributed by atoms with Gasteiger partial charge in [0.15, 0.2) is 11.9 Å². The molecule has 0 saturated heterocycles. The Morgan fingerprint density at radius 2 is 2.04 bits per heavy atom. The highest BCUT2D eigenvalue weighted by molar-refractivity contribution is 5.95. The fourth-order valence-electron chi connectivity index (χ4n) is 3.16. The van der Waals surface area contributed by atoms with Gasteiger partial charge in [-0.1, -0.05) is 26.7 Å². The lowest BCUT2D eigenvalue weighted by molar-refractivity contribution is -0.384. The minimum atomic E-state index is -0.719. The molecule has 0 bridgehead atoms. The Morgan fingerprint density at radius 1 is 1.38 bits per heavy atom. The van der Waals surface area contributed by atoms with Gasteiger partial charge in [0, 0.05) is 17.5 Å². The normalized spacial score (nSPS) is 23.8. The number of carbonyl (C=O) groups is 2. The van der Waals surface area contributed by atoms with Gasteiger partial charge in [-0.3, -0.25) is 14.9 Å². The summed E-state index contributed by atoms with van der Waals surface area (Å²) in [6, 6.07) is 5.21. The molecule has 6 nitrogen and oxygen atoms in total. The first-order valence-electron chi connectivity index (χ1n) is 8.37. The Bertz CT molecular complexity index is 625. The van der Waals surface area contributed by atoms with Gasteiger partial charge in [0.1, 0.15) is 0 Å². The zero-order valence-electron chi connectivity index (χ0n) is 14.1. The molecule has 0 heterocycles. The van der Waals surface area contributed by atoms with E-state index >= 15 is 0 Å². The molecule has 0 spiro atoms. The highest BCUT2D eigenvalue weighted by Crippen LogP contribution is 2.38. The topological polar surface area (TPSA) is 86.5 Å². The predicted octanol–water partition coefficient (Wildman–Crippen LogP) is 4.07. The molecule has 1 fully saturated rings. The van der Waals surface area contributed by atoms with Crippen LogP contribution in [0.15, 0.2) is 24.3 Å². The number of nitro groups is 1. The van der Waals surface area contributed by atoms with Crippen LogP contribution in [0.3, 0.4) is 0 Å². The van der Waals surface area contributed by atoms with Crippen molar-refractivity contribution in [1.29, 1.82) is 0 Å². The third-order valence-corrected chi connectivity index (χ3v) is 4.73. The van der Waals surface area contributed by atoms with Crippen molar-refractivity contribution in [2.24, 2.45) is 5.41 Å². The largest absolute Gasteiger partial charge is 0.451 e. The molecular formula is C18H23NO5. The van der Waals surface area contributed by atoms with Crippen LogP contribution in [-0.2, 0) is 9.53 Å². The lowest BCUT2D eigenvalue weighted by Crippen LogP contribution is -2.43. The van der Waals surface area contributed by atoms with E-state index in [0.29, 0.717) is 6.42 Å². The first-order chi connectivity index (χ1) is 11.4. The van der Waals surface area contributed by atoms with Crippen LogP contribution in [0.1, 0.15) is 62.7 Å². The van der Waals surface area contributed by atoms with Crippen LogP contribution >= 0.6 is 0 Å². The molecule has 1 aliphatic rings. The maximum Gasteiger partial charge on any atom is 0.338 e. The maximum absolute atomic E-state index is 12.7. The number of non-ortho nitro benzene ring substituents is 1. The van der Waals surface area contributed by atoms with E-state index in [0.717, 1.165) is 32.1 Å². The average molecular weight is 333 g/mol. The average Bonchev–Trinajstić information content (AvgIpc) is 2.57. The number of rotatable bonds is 6. The maximum atomic E-state index is 12.7. The summed E-state index contributed by atoms with van der Waals surface area (Å²) in [5.41, 5.74) is -0.295. The minimum absolute atomic E-state index is 0.00235. The first-order valence-corrected chi connectivity index (χ1v) is 8.37. The molecular weight excluding hydrogens is 310 g/mol. The van der Waals surface area contributed by atoms with E-state index in [1.165, 1.54) is 24.3 Å². The lowest BCUT2D eigenvalue weighted by Gasteiger charge is -2.36. The predicted molar refractivity (Wildman–Crippen MR) is 88.8 cm³/mol. The van der Waals surface area contributed by atoms with E-state index in [1.807, 2.05) is 6.92 Å². The van der Waals surface area contributed by atoms with Crippen molar-refractivity contribution in [2.75, 3.05) is 0 Å². The molecule has 24 heavy (non-hydrogen) atoms. The van der Waals surface area contributed by atoms with Crippen LogP contribution in [0, 0.1) is 15.5 Å². The summed E-state index contributed by atoms with van der Waals surface area (Å²) in [4.78, 5) is 35.0. The third-order valence-electron chi connectivity index (χ3n) is 4.73. The van der Waals surface area contributed by atoms with Crippen molar-refractivity contribution < 1.29 is 19.2 Å². The summed E-state index contributed by atoms with van der Waals surface area (Å²) >= 11 is 0. The molecule has 1 aliphatic carbocycles. The van der Waals surface area contributed by atoms with Gasteiger partial charge >= 0.3 is 5.97 Å². The van der Waals surface area contributed by atoms with Gasteiger partial charge in [0.25, 0.3) is 5.69 Å².